The van der Waals surface area contributed by atoms with Gasteiger partial charge in [-0.15, -0.1) is 4.39 Å². The van der Waals surface area contributed by atoms with Gasteiger partial charge in [0.05, 0.1) is 6.42 Å². The van der Waals surface area contributed by atoms with Crippen molar-refractivity contribution in [2.45, 2.75) is 89.5 Å². The van der Waals surface area contributed by atoms with Crippen LogP contribution in [-0.4, -0.2) is 81.4 Å². The standard InChI is InChI=1S/C36H42FN5O8/c1-20(2)31(41-33(47)27(9-6-10-29(43)44)40-34(48)28-18-23-7-4-5-8-26(23)39-28)36(50)42-16-14-22-17-21(3)11-12-25(22)32(42)35(49)38-24(13-15-37)19-30(45)46/h4-5,7-8,11-12,17,20,24,27-28,31-32,39H,6,9-10,14,16,18-19H2,1-3H3,(H,38,49)(H,40,48)(H,41,47)(H,43,44)(H,45,46)/t24-,27+,28?,31+,32+/m1/s1. The van der Waals surface area contributed by atoms with E-state index in [4.69, 9.17) is 0 Å². The van der Waals surface area contributed by atoms with E-state index in [1.54, 1.807) is 26.0 Å². The second kappa shape index (κ2) is 16.8. The number of anilines is 1. The molecule has 0 saturated heterocycles. The SMILES string of the molecule is Cc1ccc2c(c1)CCN(C(=O)[C@@H](NC(=O)[C@H](CCCC(=O)O)NC(=O)C1Cc3ccccc3N1)C(C)C)[C@@H]2C(=O)N[C@H](C#CF)CC(=O)O. The number of carboxylic acid groups (broad SMARTS) is 2. The van der Waals surface area contributed by atoms with Gasteiger partial charge in [0.15, 0.2) is 0 Å². The third-order valence-corrected chi connectivity index (χ3v) is 8.82. The molecule has 0 bridgehead atoms. The first kappa shape index (κ1) is 37.4. The third-order valence-electron chi connectivity index (χ3n) is 8.82. The highest BCUT2D eigenvalue weighted by Gasteiger charge is 2.41. The van der Waals surface area contributed by atoms with Crippen LogP contribution in [0, 0.1) is 24.9 Å². The van der Waals surface area contributed by atoms with E-state index in [2.05, 4.69) is 21.3 Å². The highest BCUT2D eigenvalue weighted by Crippen LogP contribution is 2.32. The summed E-state index contributed by atoms with van der Waals surface area (Å²) in [5, 5.41) is 29.5. The van der Waals surface area contributed by atoms with Crippen molar-refractivity contribution in [1.82, 2.24) is 20.9 Å². The zero-order valence-corrected chi connectivity index (χ0v) is 28.1. The Kier molecular flexibility index (Phi) is 12.5. The highest BCUT2D eigenvalue weighted by atomic mass is 19.1. The molecule has 2 heterocycles. The van der Waals surface area contributed by atoms with Crippen molar-refractivity contribution >= 4 is 41.3 Å². The molecular formula is C36H42FN5O8. The number of rotatable bonds is 14. The van der Waals surface area contributed by atoms with Gasteiger partial charge in [-0.3, -0.25) is 28.8 Å². The molecule has 0 saturated carbocycles. The molecule has 266 valence electrons. The zero-order chi connectivity index (χ0) is 36.5. The molecule has 6 N–H and O–H groups in total. The number of halogens is 1. The summed E-state index contributed by atoms with van der Waals surface area (Å²) in [7, 11) is 0. The van der Waals surface area contributed by atoms with Gasteiger partial charge in [-0.2, -0.15) is 0 Å². The predicted molar refractivity (Wildman–Crippen MR) is 180 cm³/mol. The molecule has 13 nitrogen and oxygen atoms in total. The highest BCUT2D eigenvalue weighted by molar-refractivity contribution is 5.96. The minimum atomic E-state index is -1.37. The molecule has 50 heavy (non-hydrogen) atoms. The van der Waals surface area contributed by atoms with Gasteiger partial charge in [-0.1, -0.05) is 55.8 Å². The zero-order valence-electron chi connectivity index (χ0n) is 28.1. The van der Waals surface area contributed by atoms with Gasteiger partial charge >= 0.3 is 11.9 Å². The maximum Gasteiger partial charge on any atom is 0.306 e. The molecule has 4 amide bonds. The van der Waals surface area contributed by atoms with Gasteiger partial charge < -0.3 is 36.4 Å². The fourth-order valence-corrected chi connectivity index (χ4v) is 6.31. The van der Waals surface area contributed by atoms with Crippen LogP contribution in [0.3, 0.4) is 0 Å². The Morgan fingerprint density at radius 2 is 1.72 bits per heavy atom. The molecule has 0 aliphatic carbocycles. The predicted octanol–water partition coefficient (Wildman–Crippen LogP) is 2.23. The van der Waals surface area contributed by atoms with Gasteiger partial charge in [0, 0.05) is 25.1 Å². The quantitative estimate of drug-likeness (QED) is 0.161. The molecule has 2 aromatic carbocycles. The van der Waals surface area contributed by atoms with Crippen molar-refractivity contribution in [2.24, 2.45) is 5.92 Å². The Hall–Kier alpha value is -5.45. The Bertz CT molecular complexity index is 1680. The topological polar surface area (TPSA) is 194 Å². The average Bonchev–Trinajstić information content (AvgIpc) is 3.50. The molecule has 5 atom stereocenters. The molecule has 0 aromatic heterocycles. The summed E-state index contributed by atoms with van der Waals surface area (Å²) in [5.41, 5.74) is 3.96. The Labute approximate surface area is 289 Å². The molecule has 1 unspecified atom stereocenters. The summed E-state index contributed by atoms with van der Waals surface area (Å²) in [6.07, 6.45) is 1.08. The Balaban J connectivity index is 1.57. The van der Waals surface area contributed by atoms with E-state index >= 15 is 0 Å². The van der Waals surface area contributed by atoms with Crippen LogP contribution in [-0.2, 0) is 41.6 Å². The van der Waals surface area contributed by atoms with Crippen molar-refractivity contribution in [3.05, 3.63) is 64.7 Å². The lowest BCUT2D eigenvalue weighted by atomic mass is 9.89. The smallest absolute Gasteiger partial charge is 0.306 e. The Morgan fingerprint density at radius 3 is 2.38 bits per heavy atom. The fourth-order valence-electron chi connectivity index (χ4n) is 6.31. The monoisotopic (exact) mass is 691 g/mol. The van der Waals surface area contributed by atoms with E-state index in [1.165, 1.54) is 4.90 Å². The molecule has 0 radical (unpaired) electrons. The van der Waals surface area contributed by atoms with Crippen LogP contribution in [0.1, 0.15) is 67.8 Å². The van der Waals surface area contributed by atoms with Crippen molar-refractivity contribution in [1.29, 1.82) is 0 Å². The molecule has 0 spiro atoms. The van der Waals surface area contributed by atoms with E-state index in [0.29, 0.717) is 18.4 Å². The van der Waals surface area contributed by atoms with Crippen LogP contribution in [0.4, 0.5) is 10.1 Å². The normalized spacial score (nSPS) is 17.8. The van der Waals surface area contributed by atoms with Crippen molar-refractivity contribution < 1.29 is 43.4 Å². The number of hydrogen-bond acceptors (Lipinski definition) is 7. The van der Waals surface area contributed by atoms with E-state index in [0.717, 1.165) is 28.6 Å². The first-order chi connectivity index (χ1) is 23.8. The van der Waals surface area contributed by atoms with Crippen LogP contribution in [0.5, 0.6) is 0 Å². The first-order valence-electron chi connectivity index (χ1n) is 16.5. The number of fused-ring (bicyclic) bond motifs is 2. The largest absolute Gasteiger partial charge is 0.481 e. The number of hydrogen-bond donors (Lipinski definition) is 6. The summed E-state index contributed by atoms with van der Waals surface area (Å²) in [4.78, 5) is 79.1. The number of amides is 4. The van der Waals surface area contributed by atoms with Gasteiger partial charge in [-0.05, 0) is 60.8 Å². The molecule has 2 aromatic rings. The van der Waals surface area contributed by atoms with E-state index in [-0.39, 0.29) is 25.8 Å². The fraction of sp³-hybridized carbons (Fsp3) is 0.444. The Morgan fingerprint density at radius 1 is 0.980 bits per heavy atom. The van der Waals surface area contributed by atoms with Crippen LogP contribution < -0.4 is 21.3 Å². The summed E-state index contributed by atoms with van der Waals surface area (Å²) in [5.74, 6) is -3.36. The summed E-state index contributed by atoms with van der Waals surface area (Å²) < 4.78 is 12.9. The third kappa shape index (κ3) is 9.37. The average molecular weight is 692 g/mol. The van der Waals surface area contributed by atoms with Crippen molar-refractivity contribution in [3.8, 4) is 12.1 Å². The second-order valence-electron chi connectivity index (χ2n) is 12.9. The molecule has 4 rings (SSSR count). The lowest BCUT2D eigenvalue weighted by Gasteiger charge is -2.39. The van der Waals surface area contributed by atoms with Crippen LogP contribution in [0.25, 0.3) is 0 Å². The van der Waals surface area contributed by atoms with Gasteiger partial charge in [0.1, 0.15) is 36.4 Å². The van der Waals surface area contributed by atoms with Crippen LogP contribution >= 0.6 is 0 Å². The number of nitrogens with zero attached hydrogens (tertiary/aromatic N) is 1. The lowest BCUT2D eigenvalue weighted by molar-refractivity contribution is -0.146. The molecule has 2 aliphatic heterocycles. The van der Waals surface area contributed by atoms with Crippen LogP contribution in [0.15, 0.2) is 42.5 Å². The summed E-state index contributed by atoms with van der Waals surface area (Å²) >= 11 is 0. The first-order valence-corrected chi connectivity index (χ1v) is 16.5. The molecule has 0 fully saturated rings. The summed E-state index contributed by atoms with van der Waals surface area (Å²) in [6, 6.07) is 7.17. The second-order valence-corrected chi connectivity index (χ2v) is 12.9. The maximum atomic E-state index is 14.3. The van der Waals surface area contributed by atoms with Crippen molar-refractivity contribution in [3.63, 3.8) is 0 Å². The number of para-hydroxylation sites is 1. The number of nitrogens with one attached hydrogen (secondary N) is 4. The maximum absolute atomic E-state index is 14.3. The van der Waals surface area contributed by atoms with E-state index < -0.39 is 78.1 Å². The van der Waals surface area contributed by atoms with Gasteiger partial charge in [0.2, 0.25) is 23.6 Å². The lowest BCUT2D eigenvalue weighted by Crippen LogP contribution is -2.59. The molecule has 2 aliphatic rings. The van der Waals surface area contributed by atoms with Crippen LogP contribution in [0.2, 0.25) is 0 Å². The molecule has 14 heteroatoms. The number of benzene rings is 2. The molecular weight excluding hydrogens is 649 g/mol. The van der Waals surface area contributed by atoms with Gasteiger partial charge in [-0.25, -0.2) is 0 Å². The number of aliphatic carboxylic acids is 2. The number of aryl methyl sites for hydroxylation is 1. The summed E-state index contributed by atoms with van der Waals surface area (Å²) in [6.45, 7) is 5.37. The number of carbonyl (C=O) groups is 6. The van der Waals surface area contributed by atoms with Gasteiger partial charge in [0.25, 0.3) is 0 Å². The van der Waals surface area contributed by atoms with E-state index in [1.807, 2.05) is 43.2 Å². The minimum Gasteiger partial charge on any atom is -0.481 e. The number of carboxylic acids is 2. The number of carbonyl (C=O) groups excluding carboxylic acids is 4. The van der Waals surface area contributed by atoms with Crippen molar-refractivity contribution in [2.75, 3.05) is 11.9 Å². The minimum absolute atomic E-state index is 0.00933. The van der Waals surface area contributed by atoms with E-state index in [9.17, 15) is 43.4 Å².